The lowest BCUT2D eigenvalue weighted by Crippen LogP contribution is -2.17. The molecule has 99 valence electrons. The summed E-state index contributed by atoms with van der Waals surface area (Å²) in [4.78, 5) is 8.90. The molecule has 0 heterocycles. The average molecular weight is 281 g/mol. The van der Waals surface area contributed by atoms with Crippen LogP contribution in [0.4, 0.5) is 13.2 Å². The van der Waals surface area contributed by atoms with Crippen molar-refractivity contribution in [3.63, 3.8) is 0 Å². The summed E-state index contributed by atoms with van der Waals surface area (Å²) in [6.45, 7) is 0.456. The number of carbonyl (C=O) groups excluding carboxylic acids is 1. The molecule has 0 aliphatic carbocycles. The second-order valence-corrected chi connectivity index (χ2v) is 5.32. The molecule has 0 fully saturated rings. The fourth-order valence-corrected chi connectivity index (χ4v) is 2.60. The molecule has 0 amide bonds. The van der Waals surface area contributed by atoms with E-state index >= 15 is 0 Å². The molecule has 0 aliphatic rings. The van der Waals surface area contributed by atoms with Crippen molar-refractivity contribution in [1.82, 2.24) is 0 Å². The first-order chi connectivity index (χ1) is 8.29. The van der Waals surface area contributed by atoms with Crippen LogP contribution in [0.25, 0.3) is 0 Å². The van der Waals surface area contributed by atoms with Gasteiger partial charge in [0, 0.05) is 0 Å². The molecule has 1 radical (unpaired) electrons. The smallest absolute Gasteiger partial charge is 0.417 e. The van der Waals surface area contributed by atoms with Crippen LogP contribution in [0.15, 0.2) is 29.2 Å². The largest absolute Gasteiger partial charge is 0.456 e. The fraction of sp³-hybridized carbons (Fsp3) is 0.300. The second-order valence-electron chi connectivity index (χ2n) is 3.24. The molecule has 8 heteroatoms. The first-order valence-electron chi connectivity index (χ1n) is 4.67. The molecular formula is C10H8F3O4S. The summed E-state index contributed by atoms with van der Waals surface area (Å²) in [6.07, 6.45) is -4.76. The van der Waals surface area contributed by atoms with Crippen LogP contribution >= 0.6 is 0 Å². The van der Waals surface area contributed by atoms with Gasteiger partial charge in [-0.3, -0.25) is 0 Å². The van der Waals surface area contributed by atoms with Gasteiger partial charge in [-0.2, -0.15) is 13.2 Å². The Morgan fingerprint density at radius 3 is 2.39 bits per heavy atom. The molecule has 18 heavy (non-hydrogen) atoms. The van der Waals surface area contributed by atoms with Crippen molar-refractivity contribution in [3.8, 4) is 0 Å². The van der Waals surface area contributed by atoms with Crippen molar-refractivity contribution < 1.29 is 31.1 Å². The van der Waals surface area contributed by atoms with Gasteiger partial charge in [0.2, 0.25) is 0 Å². The molecule has 0 aliphatic heterocycles. The second kappa shape index (κ2) is 5.38. The van der Waals surface area contributed by atoms with E-state index in [1.54, 1.807) is 0 Å². The van der Waals surface area contributed by atoms with Crippen LogP contribution in [-0.2, 0) is 25.5 Å². The van der Waals surface area contributed by atoms with Gasteiger partial charge in [-0.25, -0.2) is 13.2 Å². The number of rotatable bonds is 5. The van der Waals surface area contributed by atoms with Crippen LogP contribution in [0.3, 0.4) is 0 Å². The van der Waals surface area contributed by atoms with Gasteiger partial charge in [0.25, 0.3) is 0 Å². The zero-order valence-corrected chi connectivity index (χ0v) is 9.72. The van der Waals surface area contributed by atoms with Crippen molar-refractivity contribution in [3.05, 3.63) is 29.8 Å². The molecule has 1 aromatic rings. The number of hydrogen-bond donors (Lipinski definition) is 0. The van der Waals surface area contributed by atoms with E-state index in [1.807, 2.05) is 0 Å². The third kappa shape index (κ3) is 3.46. The molecule has 0 unspecified atom stereocenters. The first-order valence-corrected chi connectivity index (χ1v) is 6.32. The average Bonchev–Trinajstić information content (AvgIpc) is 2.28. The topological polar surface area (TPSA) is 60.4 Å². The van der Waals surface area contributed by atoms with Crippen LogP contribution in [-0.4, -0.2) is 27.2 Å². The van der Waals surface area contributed by atoms with Crippen LogP contribution in [0.1, 0.15) is 5.56 Å². The Hall–Kier alpha value is -1.57. The van der Waals surface area contributed by atoms with Gasteiger partial charge in [-0.1, -0.05) is 12.1 Å². The van der Waals surface area contributed by atoms with E-state index in [4.69, 9.17) is 0 Å². The Labute approximate surface area is 101 Å². The highest BCUT2D eigenvalue weighted by Crippen LogP contribution is 2.34. The minimum absolute atomic E-state index is 0.544. The van der Waals surface area contributed by atoms with Gasteiger partial charge < -0.3 is 4.74 Å². The maximum absolute atomic E-state index is 12.6. The molecule has 0 saturated heterocycles. The predicted octanol–water partition coefficient (Wildman–Crippen LogP) is 1.56. The summed E-state index contributed by atoms with van der Waals surface area (Å²) >= 11 is 0. The minimum atomic E-state index is -4.76. The molecule has 0 bridgehead atoms. The quantitative estimate of drug-likeness (QED) is 0.768. The highest BCUT2D eigenvalue weighted by Gasteiger charge is 2.36. The number of alkyl halides is 3. The van der Waals surface area contributed by atoms with Crippen LogP contribution in [0.5, 0.6) is 0 Å². The maximum Gasteiger partial charge on any atom is 0.417 e. The molecule has 1 aromatic carbocycles. The van der Waals surface area contributed by atoms with Crippen LogP contribution in [0.2, 0.25) is 0 Å². The molecular weight excluding hydrogens is 273 g/mol. The van der Waals surface area contributed by atoms with Gasteiger partial charge in [-0.15, -0.1) is 0 Å². The zero-order valence-electron chi connectivity index (χ0n) is 8.90. The summed E-state index contributed by atoms with van der Waals surface area (Å²) < 4.78 is 65.2. The van der Waals surface area contributed by atoms with Gasteiger partial charge in [0.05, 0.1) is 16.2 Å². The van der Waals surface area contributed by atoms with Crippen molar-refractivity contribution in [2.24, 2.45) is 0 Å². The Balaban J connectivity index is 3.13. The number of hydrogen-bond acceptors (Lipinski definition) is 4. The lowest BCUT2D eigenvalue weighted by Gasteiger charge is -2.12. The van der Waals surface area contributed by atoms with E-state index in [-0.39, 0.29) is 0 Å². The molecule has 0 spiro atoms. The maximum atomic E-state index is 12.6. The molecule has 4 nitrogen and oxygen atoms in total. The van der Waals surface area contributed by atoms with E-state index in [9.17, 15) is 26.4 Å². The summed E-state index contributed by atoms with van der Waals surface area (Å²) in [5.74, 6) is -0.727. The third-order valence-electron chi connectivity index (χ3n) is 2.04. The zero-order chi connectivity index (χ0) is 13.8. The Morgan fingerprint density at radius 2 is 1.83 bits per heavy atom. The summed E-state index contributed by atoms with van der Waals surface area (Å²) in [5, 5.41) is 0. The fourth-order valence-electron chi connectivity index (χ4n) is 1.28. The monoisotopic (exact) mass is 281 g/mol. The van der Waals surface area contributed by atoms with Crippen molar-refractivity contribution in [2.75, 3.05) is 12.4 Å². The number of halogens is 3. The summed E-state index contributed by atoms with van der Waals surface area (Å²) in [5.41, 5.74) is -1.24. The molecule has 0 N–H and O–H groups in total. The van der Waals surface area contributed by atoms with Gasteiger partial charge in [-0.05, 0) is 12.1 Å². The van der Waals surface area contributed by atoms with Crippen molar-refractivity contribution >= 4 is 16.3 Å². The van der Waals surface area contributed by atoms with E-state index in [0.29, 0.717) is 6.07 Å². The normalized spacial score (nSPS) is 12.2. The van der Waals surface area contributed by atoms with Crippen molar-refractivity contribution in [1.29, 1.82) is 0 Å². The van der Waals surface area contributed by atoms with Gasteiger partial charge in [0.1, 0.15) is 6.61 Å². The standard InChI is InChI=1S/C10H8F3O4S/c11-10(12,13)8-3-1-2-4-9(8)18(15,16)6-5-17-7-14/h1-4H,5-6H2. The first kappa shape index (κ1) is 14.5. The lowest BCUT2D eigenvalue weighted by molar-refractivity contribution is -0.139. The molecule has 0 saturated carbocycles. The molecule has 1 rings (SSSR count). The Morgan fingerprint density at radius 1 is 1.22 bits per heavy atom. The molecule has 0 aromatic heterocycles. The number of ether oxygens (including phenoxy) is 1. The predicted molar refractivity (Wildman–Crippen MR) is 55.1 cm³/mol. The highest BCUT2D eigenvalue weighted by atomic mass is 32.2. The lowest BCUT2D eigenvalue weighted by atomic mass is 10.2. The van der Waals surface area contributed by atoms with E-state index in [2.05, 4.69) is 4.74 Å². The Bertz CT molecular complexity index is 522. The number of sulfone groups is 1. The van der Waals surface area contributed by atoms with Crippen LogP contribution in [0, 0.1) is 0 Å². The van der Waals surface area contributed by atoms with E-state index < -0.39 is 38.8 Å². The third-order valence-corrected chi connectivity index (χ3v) is 3.77. The van der Waals surface area contributed by atoms with E-state index in [0.717, 1.165) is 18.6 Å². The van der Waals surface area contributed by atoms with Crippen LogP contribution < -0.4 is 0 Å². The van der Waals surface area contributed by atoms with Gasteiger partial charge >= 0.3 is 12.6 Å². The Kier molecular flexibility index (Phi) is 4.33. The van der Waals surface area contributed by atoms with Gasteiger partial charge in [0.15, 0.2) is 9.84 Å². The highest BCUT2D eigenvalue weighted by molar-refractivity contribution is 7.91. The molecule has 0 atom stereocenters. The number of benzene rings is 1. The van der Waals surface area contributed by atoms with E-state index in [1.165, 1.54) is 6.07 Å². The summed E-state index contributed by atoms with van der Waals surface area (Å²) in [6, 6.07) is 3.83. The van der Waals surface area contributed by atoms with Crippen molar-refractivity contribution in [2.45, 2.75) is 11.1 Å². The minimum Gasteiger partial charge on any atom is -0.456 e. The summed E-state index contributed by atoms with van der Waals surface area (Å²) in [7, 11) is -4.17. The SMILES string of the molecule is O=[C]OCCS(=O)(=O)c1ccccc1C(F)(F)F.